The van der Waals surface area contributed by atoms with Gasteiger partial charge in [-0.05, 0) is 31.4 Å². The second kappa shape index (κ2) is 10.7. The summed E-state index contributed by atoms with van der Waals surface area (Å²) in [4.78, 5) is 6.65. The molecule has 0 amide bonds. The maximum absolute atomic E-state index is 5.84. The maximum Gasteiger partial charge on any atom is 0.188 e. The summed E-state index contributed by atoms with van der Waals surface area (Å²) < 4.78 is 0. The number of rotatable bonds is 7. The van der Waals surface area contributed by atoms with Crippen LogP contribution >= 0.6 is 24.0 Å². The third-order valence-electron chi connectivity index (χ3n) is 3.15. The van der Waals surface area contributed by atoms with Gasteiger partial charge in [0.25, 0.3) is 0 Å². The lowest BCUT2D eigenvalue weighted by Crippen LogP contribution is -2.39. The van der Waals surface area contributed by atoms with Gasteiger partial charge in [-0.3, -0.25) is 4.99 Å². The zero-order valence-electron chi connectivity index (χ0n) is 13.6. The molecule has 0 aromatic heterocycles. The van der Waals surface area contributed by atoms with Gasteiger partial charge in [-0.2, -0.15) is 0 Å². The molecular weight excluding hydrogens is 375 g/mol. The number of benzene rings is 1. The molecule has 0 heterocycles. The number of likely N-dealkylation sites (N-methyl/N-ethyl adjacent to an activating group) is 1. The van der Waals surface area contributed by atoms with Crippen molar-refractivity contribution in [3.8, 4) is 0 Å². The molecule has 0 radical (unpaired) electrons. The molecule has 5 heteroatoms. The maximum atomic E-state index is 5.84. The van der Waals surface area contributed by atoms with Crippen LogP contribution in [0.1, 0.15) is 26.3 Å². The second-order valence-electron chi connectivity index (χ2n) is 5.41. The summed E-state index contributed by atoms with van der Waals surface area (Å²) in [7, 11) is 0. The molecule has 1 aromatic rings. The van der Waals surface area contributed by atoms with E-state index in [9.17, 15) is 0 Å². The number of nitrogens with one attached hydrogen (secondary N) is 1. The highest BCUT2D eigenvalue weighted by Gasteiger charge is 2.06. The summed E-state index contributed by atoms with van der Waals surface area (Å²) >= 11 is 0. The number of hydrogen-bond donors (Lipinski definition) is 2. The van der Waals surface area contributed by atoms with E-state index in [1.54, 1.807) is 0 Å². The van der Waals surface area contributed by atoms with Crippen molar-refractivity contribution in [3.05, 3.63) is 29.8 Å². The van der Waals surface area contributed by atoms with Crippen LogP contribution in [0.5, 0.6) is 0 Å². The van der Waals surface area contributed by atoms with Gasteiger partial charge in [-0.15, -0.1) is 24.0 Å². The van der Waals surface area contributed by atoms with Gasteiger partial charge < -0.3 is 16.0 Å². The average molecular weight is 404 g/mol. The van der Waals surface area contributed by atoms with Crippen molar-refractivity contribution in [2.75, 3.05) is 31.1 Å². The Kier molecular flexibility index (Phi) is 10.2. The molecular formula is C16H29IN4. The summed E-state index contributed by atoms with van der Waals surface area (Å²) in [5.41, 5.74) is 8.43. The predicted octanol–water partition coefficient (Wildman–Crippen LogP) is 3.00. The lowest BCUT2D eigenvalue weighted by molar-refractivity contribution is 0.660. The Morgan fingerprint density at radius 1 is 1.33 bits per heavy atom. The highest BCUT2D eigenvalue weighted by molar-refractivity contribution is 14.0. The molecule has 21 heavy (non-hydrogen) atoms. The highest BCUT2D eigenvalue weighted by Crippen LogP contribution is 2.18. The number of nitrogens with two attached hydrogens (primary N) is 1. The minimum absolute atomic E-state index is 0. The minimum Gasteiger partial charge on any atom is -0.370 e. The Morgan fingerprint density at radius 2 is 2.00 bits per heavy atom. The van der Waals surface area contributed by atoms with E-state index >= 15 is 0 Å². The molecule has 0 saturated carbocycles. The standard InChI is InChI=1S/C16H28N4.HI/c1-5-20(15-9-7-6-8-14(15)4)11-10-18-16(17)19-12-13(2)3;/h6-9,13H,5,10-12H2,1-4H3,(H3,17,18,19);1H. The first kappa shape index (κ1) is 20.0. The van der Waals surface area contributed by atoms with Crippen LogP contribution in [0.4, 0.5) is 5.69 Å². The Balaban J connectivity index is 0.00000400. The normalized spacial score (nSPS) is 11.2. The fourth-order valence-electron chi connectivity index (χ4n) is 2.02. The highest BCUT2D eigenvalue weighted by atomic mass is 127. The molecule has 0 unspecified atom stereocenters. The zero-order chi connectivity index (χ0) is 15.0. The van der Waals surface area contributed by atoms with Crippen molar-refractivity contribution in [2.24, 2.45) is 16.6 Å². The Labute approximate surface area is 146 Å². The molecule has 3 N–H and O–H groups in total. The topological polar surface area (TPSA) is 53.6 Å². The lowest BCUT2D eigenvalue weighted by Gasteiger charge is -2.25. The Bertz CT molecular complexity index is 432. The van der Waals surface area contributed by atoms with Crippen molar-refractivity contribution in [3.63, 3.8) is 0 Å². The number of aryl methyl sites for hydroxylation is 1. The van der Waals surface area contributed by atoms with Crippen molar-refractivity contribution >= 4 is 35.6 Å². The molecule has 0 atom stereocenters. The number of anilines is 1. The monoisotopic (exact) mass is 404 g/mol. The molecule has 0 aliphatic carbocycles. The van der Waals surface area contributed by atoms with Crippen LogP contribution in [-0.2, 0) is 0 Å². The van der Waals surface area contributed by atoms with Crippen LogP contribution in [0.25, 0.3) is 0 Å². The van der Waals surface area contributed by atoms with Crippen molar-refractivity contribution in [1.29, 1.82) is 0 Å². The molecule has 120 valence electrons. The van der Waals surface area contributed by atoms with Crippen LogP contribution in [0.2, 0.25) is 0 Å². The molecule has 0 aliphatic rings. The van der Waals surface area contributed by atoms with Gasteiger partial charge in [0.2, 0.25) is 0 Å². The molecule has 0 bridgehead atoms. The average Bonchev–Trinajstić information content (AvgIpc) is 2.42. The molecule has 0 aliphatic heterocycles. The summed E-state index contributed by atoms with van der Waals surface area (Å²) in [5, 5.41) is 3.18. The quantitative estimate of drug-likeness (QED) is 0.417. The minimum atomic E-state index is 0. The van der Waals surface area contributed by atoms with E-state index in [2.05, 4.69) is 67.2 Å². The second-order valence-corrected chi connectivity index (χ2v) is 5.41. The lowest BCUT2D eigenvalue weighted by atomic mass is 10.2. The number of hydrogen-bond acceptors (Lipinski definition) is 2. The fraction of sp³-hybridized carbons (Fsp3) is 0.562. The van der Waals surface area contributed by atoms with E-state index < -0.39 is 0 Å². The van der Waals surface area contributed by atoms with Gasteiger partial charge in [0.05, 0.1) is 0 Å². The van der Waals surface area contributed by atoms with Crippen LogP contribution in [-0.4, -0.2) is 32.1 Å². The molecule has 1 aromatic carbocycles. The van der Waals surface area contributed by atoms with E-state index in [-0.39, 0.29) is 24.0 Å². The number of halogens is 1. The molecule has 1 rings (SSSR count). The van der Waals surface area contributed by atoms with E-state index in [1.165, 1.54) is 11.3 Å². The number of nitrogens with zero attached hydrogens (tertiary/aromatic N) is 2. The fourth-order valence-corrected chi connectivity index (χ4v) is 2.02. The third-order valence-corrected chi connectivity index (χ3v) is 3.15. The van der Waals surface area contributed by atoms with Crippen molar-refractivity contribution < 1.29 is 0 Å². The first-order valence-corrected chi connectivity index (χ1v) is 7.39. The van der Waals surface area contributed by atoms with Gasteiger partial charge in [-0.1, -0.05) is 32.0 Å². The summed E-state index contributed by atoms with van der Waals surface area (Å²) in [6.07, 6.45) is 0. The van der Waals surface area contributed by atoms with E-state index in [0.29, 0.717) is 11.9 Å². The van der Waals surface area contributed by atoms with E-state index in [4.69, 9.17) is 5.73 Å². The van der Waals surface area contributed by atoms with Gasteiger partial charge in [0, 0.05) is 31.9 Å². The molecule has 4 nitrogen and oxygen atoms in total. The number of guanidine groups is 1. The summed E-state index contributed by atoms with van der Waals surface area (Å²) in [6, 6.07) is 8.46. The van der Waals surface area contributed by atoms with Gasteiger partial charge in [0.15, 0.2) is 5.96 Å². The van der Waals surface area contributed by atoms with Crippen molar-refractivity contribution in [2.45, 2.75) is 27.7 Å². The number of aliphatic imine (C=N–C) groups is 1. The Morgan fingerprint density at radius 3 is 2.57 bits per heavy atom. The number of para-hydroxylation sites is 1. The molecule has 0 spiro atoms. The van der Waals surface area contributed by atoms with E-state index in [1.807, 2.05) is 0 Å². The summed E-state index contributed by atoms with van der Waals surface area (Å²) in [6.45, 7) is 12.0. The zero-order valence-corrected chi connectivity index (χ0v) is 15.9. The molecule has 0 fully saturated rings. The van der Waals surface area contributed by atoms with Crippen LogP contribution < -0.4 is 16.0 Å². The van der Waals surface area contributed by atoms with Gasteiger partial charge in [-0.25, -0.2) is 0 Å². The Hall–Kier alpha value is -0.980. The first-order valence-electron chi connectivity index (χ1n) is 7.39. The third kappa shape index (κ3) is 7.55. The van der Waals surface area contributed by atoms with Crippen LogP contribution in [0, 0.1) is 12.8 Å². The summed E-state index contributed by atoms with van der Waals surface area (Å²) in [5.74, 6) is 1.08. The van der Waals surface area contributed by atoms with Gasteiger partial charge in [0.1, 0.15) is 0 Å². The smallest absolute Gasteiger partial charge is 0.188 e. The van der Waals surface area contributed by atoms with Gasteiger partial charge >= 0.3 is 0 Å². The molecule has 0 saturated heterocycles. The van der Waals surface area contributed by atoms with Crippen molar-refractivity contribution in [1.82, 2.24) is 5.32 Å². The van der Waals surface area contributed by atoms with E-state index in [0.717, 1.165) is 26.2 Å². The largest absolute Gasteiger partial charge is 0.370 e. The predicted molar refractivity (Wildman–Crippen MR) is 104 cm³/mol. The van der Waals surface area contributed by atoms with Crippen LogP contribution in [0.15, 0.2) is 29.3 Å². The first-order chi connectivity index (χ1) is 9.54. The van der Waals surface area contributed by atoms with Crippen LogP contribution in [0.3, 0.4) is 0 Å². The SMILES string of the molecule is CCN(CCNC(N)=NCC(C)C)c1ccccc1C.I.